The molecule has 3 aromatic rings. The van der Waals surface area contributed by atoms with Gasteiger partial charge in [-0.1, -0.05) is 29.8 Å². The molecule has 2 heterocycles. The Morgan fingerprint density at radius 3 is 2.47 bits per heavy atom. The van der Waals surface area contributed by atoms with Crippen LogP contribution in [0.15, 0.2) is 36.5 Å². The van der Waals surface area contributed by atoms with E-state index in [0.29, 0.717) is 5.82 Å². The second-order valence-electron chi connectivity index (χ2n) is 5.10. The van der Waals surface area contributed by atoms with Crippen molar-refractivity contribution in [3.05, 3.63) is 53.2 Å². The van der Waals surface area contributed by atoms with E-state index in [9.17, 15) is 0 Å². The standard InChI is InChI=1S/C16H17N3/c1-10-4-6-13(12(3)8-10)15-16(17)19-9-11(2)5-7-14(19)18-15/h4-9H,17H2,1-3H3. The molecule has 0 fully saturated rings. The molecule has 0 spiro atoms. The van der Waals surface area contributed by atoms with Crippen LogP contribution < -0.4 is 5.73 Å². The number of nitrogens with two attached hydrogens (primary N) is 1. The highest BCUT2D eigenvalue weighted by molar-refractivity contribution is 5.77. The Balaban J connectivity index is 2.28. The molecule has 0 aliphatic rings. The van der Waals surface area contributed by atoms with Crippen LogP contribution in [-0.2, 0) is 0 Å². The van der Waals surface area contributed by atoms with Gasteiger partial charge in [-0.25, -0.2) is 4.98 Å². The van der Waals surface area contributed by atoms with Crippen LogP contribution in [0.25, 0.3) is 16.9 Å². The van der Waals surface area contributed by atoms with Crippen molar-refractivity contribution in [2.24, 2.45) is 0 Å². The Morgan fingerprint density at radius 2 is 1.74 bits per heavy atom. The summed E-state index contributed by atoms with van der Waals surface area (Å²) in [5.41, 5.74) is 12.7. The highest BCUT2D eigenvalue weighted by Crippen LogP contribution is 2.29. The van der Waals surface area contributed by atoms with Crippen LogP contribution in [0.1, 0.15) is 16.7 Å². The predicted molar refractivity (Wildman–Crippen MR) is 79.3 cm³/mol. The van der Waals surface area contributed by atoms with E-state index in [1.165, 1.54) is 16.7 Å². The molecule has 96 valence electrons. The highest BCUT2D eigenvalue weighted by atomic mass is 15.1. The van der Waals surface area contributed by atoms with E-state index in [1.54, 1.807) is 0 Å². The van der Waals surface area contributed by atoms with Gasteiger partial charge in [0, 0.05) is 11.8 Å². The molecule has 0 atom stereocenters. The van der Waals surface area contributed by atoms with E-state index < -0.39 is 0 Å². The highest BCUT2D eigenvalue weighted by Gasteiger charge is 2.13. The van der Waals surface area contributed by atoms with Crippen molar-refractivity contribution < 1.29 is 0 Å². The molecule has 0 bridgehead atoms. The fraction of sp³-hybridized carbons (Fsp3) is 0.188. The number of nitrogen functional groups attached to an aromatic ring is 1. The summed E-state index contributed by atoms with van der Waals surface area (Å²) in [6, 6.07) is 10.4. The van der Waals surface area contributed by atoms with Gasteiger partial charge in [-0.2, -0.15) is 0 Å². The fourth-order valence-corrected chi connectivity index (χ4v) is 2.45. The molecule has 0 radical (unpaired) electrons. The predicted octanol–water partition coefficient (Wildman–Crippen LogP) is 3.51. The van der Waals surface area contributed by atoms with Crippen molar-refractivity contribution >= 4 is 11.5 Å². The lowest BCUT2D eigenvalue weighted by molar-refractivity contribution is 1.16. The molecular weight excluding hydrogens is 234 g/mol. The average Bonchev–Trinajstić information content (AvgIpc) is 2.67. The molecule has 0 unspecified atom stereocenters. The summed E-state index contributed by atoms with van der Waals surface area (Å²) in [4.78, 5) is 4.65. The maximum atomic E-state index is 6.25. The first-order chi connectivity index (χ1) is 9.06. The topological polar surface area (TPSA) is 43.3 Å². The number of rotatable bonds is 1. The van der Waals surface area contributed by atoms with E-state index in [2.05, 4.69) is 44.0 Å². The number of pyridine rings is 1. The Morgan fingerprint density at radius 1 is 1.00 bits per heavy atom. The lowest BCUT2D eigenvalue weighted by Gasteiger charge is -2.05. The van der Waals surface area contributed by atoms with E-state index in [4.69, 9.17) is 5.73 Å². The molecule has 0 saturated carbocycles. The maximum Gasteiger partial charge on any atom is 0.139 e. The molecule has 2 aromatic heterocycles. The Kier molecular flexibility index (Phi) is 2.56. The van der Waals surface area contributed by atoms with Crippen molar-refractivity contribution in [1.82, 2.24) is 9.38 Å². The van der Waals surface area contributed by atoms with Gasteiger partial charge in [-0.3, -0.25) is 4.40 Å². The van der Waals surface area contributed by atoms with Gasteiger partial charge < -0.3 is 5.73 Å². The van der Waals surface area contributed by atoms with E-state index >= 15 is 0 Å². The number of benzene rings is 1. The second kappa shape index (κ2) is 4.12. The van der Waals surface area contributed by atoms with Gasteiger partial charge >= 0.3 is 0 Å². The van der Waals surface area contributed by atoms with Gasteiger partial charge in [-0.15, -0.1) is 0 Å². The molecule has 0 aliphatic carbocycles. The third kappa shape index (κ3) is 1.87. The molecule has 19 heavy (non-hydrogen) atoms. The third-order valence-electron chi connectivity index (χ3n) is 3.44. The van der Waals surface area contributed by atoms with Gasteiger partial charge in [0.25, 0.3) is 0 Å². The van der Waals surface area contributed by atoms with Crippen LogP contribution in [0.2, 0.25) is 0 Å². The number of fused-ring (bicyclic) bond motifs is 1. The summed E-state index contributed by atoms with van der Waals surface area (Å²) in [5, 5.41) is 0. The van der Waals surface area contributed by atoms with Gasteiger partial charge in [0.1, 0.15) is 17.2 Å². The van der Waals surface area contributed by atoms with Crippen molar-refractivity contribution in [1.29, 1.82) is 0 Å². The van der Waals surface area contributed by atoms with Crippen LogP contribution in [0, 0.1) is 20.8 Å². The summed E-state index contributed by atoms with van der Waals surface area (Å²) in [6.07, 6.45) is 2.02. The van der Waals surface area contributed by atoms with Crippen LogP contribution in [-0.4, -0.2) is 9.38 Å². The number of hydrogen-bond donors (Lipinski definition) is 1. The molecule has 0 amide bonds. The number of anilines is 1. The molecule has 0 saturated heterocycles. The zero-order valence-electron chi connectivity index (χ0n) is 11.4. The smallest absolute Gasteiger partial charge is 0.139 e. The zero-order chi connectivity index (χ0) is 13.6. The minimum Gasteiger partial charge on any atom is -0.383 e. The second-order valence-corrected chi connectivity index (χ2v) is 5.10. The molecule has 0 aliphatic heterocycles. The van der Waals surface area contributed by atoms with Crippen molar-refractivity contribution in [3.8, 4) is 11.3 Å². The van der Waals surface area contributed by atoms with Gasteiger partial charge in [0.05, 0.1) is 0 Å². The Hall–Kier alpha value is -2.29. The number of nitrogens with zero attached hydrogens (tertiary/aromatic N) is 2. The molecule has 3 heteroatoms. The summed E-state index contributed by atoms with van der Waals surface area (Å²) >= 11 is 0. The van der Waals surface area contributed by atoms with Crippen LogP contribution >= 0.6 is 0 Å². The molecule has 1 aromatic carbocycles. The first-order valence-electron chi connectivity index (χ1n) is 6.38. The quantitative estimate of drug-likeness (QED) is 0.719. The third-order valence-corrected chi connectivity index (χ3v) is 3.44. The van der Waals surface area contributed by atoms with Gasteiger partial charge in [0.2, 0.25) is 0 Å². The van der Waals surface area contributed by atoms with Crippen molar-refractivity contribution in [3.63, 3.8) is 0 Å². The minimum atomic E-state index is 0.700. The first kappa shape index (κ1) is 11.8. The lowest BCUT2D eigenvalue weighted by atomic mass is 10.0. The summed E-state index contributed by atoms with van der Waals surface area (Å²) in [6.45, 7) is 6.24. The minimum absolute atomic E-state index is 0.700. The number of imidazole rings is 1. The number of aryl methyl sites for hydroxylation is 3. The summed E-state index contributed by atoms with van der Waals surface area (Å²) in [7, 11) is 0. The summed E-state index contributed by atoms with van der Waals surface area (Å²) < 4.78 is 1.95. The summed E-state index contributed by atoms with van der Waals surface area (Å²) in [5.74, 6) is 0.700. The first-order valence-corrected chi connectivity index (χ1v) is 6.38. The molecule has 3 rings (SSSR count). The SMILES string of the molecule is Cc1ccc(-c2nc3ccc(C)cn3c2N)c(C)c1. The lowest BCUT2D eigenvalue weighted by Crippen LogP contribution is -1.95. The molecular formula is C16H17N3. The normalized spacial score (nSPS) is 11.1. The van der Waals surface area contributed by atoms with E-state index in [1.807, 2.05) is 22.7 Å². The maximum absolute atomic E-state index is 6.25. The van der Waals surface area contributed by atoms with Crippen LogP contribution in [0.5, 0.6) is 0 Å². The fourth-order valence-electron chi connectivity index (χ4n) is 2.45. The van der Waals surface area contributed by atoms with Crippen molar-refractivity contribution in [2.45, 2.75) is 20.8 Å². The number of aromatic nitrogens is 2. The van der Waals surface area contributed by atoms with Crippen molar-refractivity contribution in [2.75, 3.05) is 5.73 Å². The Bertz CT molecular complexity index is 769. The Labute approximate surface area is 112 Å². The zero-order valence-corrected chi connectivity index (χ0v) is 11.4. The molecule has 3 nitrogen and oxygen atoms in total. The molecule has 2 N–H and O–H groups in total. The average molecular weight is 251 g/mol. The largest absolute Gasteiger partial charge is 0.383 e. The monoisotopic (exact) mass is 251 g/mol. The van der Waals surface area contributed by atoms with E-state index in [0.717, 1.165) is 16.9 Å². The van der Waals surface area contributed by atoms with Crippen LogP contribution in [0.4, 0.5) is 5.82 Å². The number of hydrogen-bond acceptors (Lipinski definition) is 2. The van der Waals surface area contributed by atoms with Gasteiger partial charge in [0.15, 0.2) is 0 Å². The van der Waals surface area contributed by atoms with Crippen LogP contribution in [0.3, 0.4) is 0 Å². The van der Waals surface area contributed by atoms with E-state index in [-0.39, 0.29) is 0 Å². The van der Waals surface area contributed by atoms with Gasteiger partial charge in [-0.05, 0) is 38.0 Å².